The Morgan fingerprint density at radius 3 is 2.40 bits per heavy atom. The van der Waals surface area contributed by atoms with Gasteiger partial charge in [-0.3, -0.25) is 4.79 Å². The summed E-state index contributed by atoms with van der Waals surface area (Å²) in [6.45, 7) is 0. The van der Waals surface area contributed by atoms with Crippen LogP contribution in [0.25, 0.3) is 0 Å². The van der Waals surface area contributed by atoms with E-state index in [1.54, 1.807) is 30.3 Å². The van der Waals surface area contributed by atoms with E-state index in [9.17, 15) is 9.18 Å². The molecule has 2 aromatic carbocycles. The Morgan fingerprint density at radius 1 is 1.04 bits per heavy atom. The minimum atomic E-state index is -0.290. The van der Waals surface area contributed by atoms with Gasteiger partial charge < -0.3 is 19.5 Å². The highest BCUT2D eigenvalue weighted by atomic mass is 19.1. The highest BCUT2D eigenvalue weighted by molar-refractivity contribution is 5.98. The van der Waals surface area contributed by atoms with Crippen molar-refractivity contribution in [2.45, 2.75) is 18.4 Å². The molecule has 2 atom stereocenters. The van der Waals surface area contributed by atoms with E-state index >= 15 is 0 Å². The lowest BCUT2D eigenvalue weighted by Gasteiger charge is -2.15. The summed E-state index contributed by atoms with van der Waals surface area (Å²) in [6, 6.07) is 9.82. The SMILES string of the molecule is COc1ccc(C(=O)N[C@H]2C[C@H]2c2ccccc2F)c(OC)c1OC. The number of amides is 1. The first-order valence-corrected chi connectivity index (χ1v) is 7.95. The van der Waals surface area contributed by atoms with E-state index in [2.05, 4.69) is 5.32 Å². The van der Waals surface area contributed by atoms with Crippen molar-refractivity contribution >= 4 is 5.91 Å². The van der Waals surface area contributed by atoms with Gasteiger partial charge in [0.15, 0.2) is 11.5 Å². The lowest BCUT2D eigenvalue weighted by molar-refractivity contribution is 0.0946. The predicted molar refractivity (Wildman–Crippen MR) is 91.1 cm³/mol. The van der Waals surface area contributed by atoms with E-state index in [1.165, 1.54) is 27.4 Å². The number of methoxy groups -OCH3 is 3. The highest BCUT2D eigenvalue weighted by Gasteiger charge is 2.41. The van der Waals surface area contributed by atoms with Gasteiger partial charge in [-0.25, -0.2) is 4.39 Å². The molecule has 1 aliphatic carbocycles. The number of carbonyl (C=O) groups excluding carboxylic acids is 1. The molecule has 1 fully saturated rings. The third-order valence-corrected chi connectivity index (χ3v) is 4.36. The first-order valence-electron chi connectivity index (χ1n) is 7.95. The Balaban J connectivity index is 1.78. The molecule has 0 aliphatic heterocycles. The third kappa shape index (κ3) is 3.24. The van der Waals surface area contributed by atoms with Crippen molar-refractivity contribution < 1.29 is 23.4 Å². The van der Waals surface area contributed by atoms with Crippen molar-refractivity contribution in [3.8, 4) is 17.2 Å². The van der Waals surface area contributed by atoms with Gasteiger partial charge in [0.05, 0.1) is 26.9 Å². The third-order valence-electron chi connectivity index (χ3n) is 4.36. The summed E-state index contributed by atoms with van der Waals surface area (Å²) >= 11 is 0. The Morgan fingerprint density at radius 2 is 1.76 bits per heavy atom. The van der Waals surface area contributed by atoms with Gasteiger partial charge in [0.1, 0.15) is 5.82 Å². The number of hydrogen-bond donors (Lipinski definition) is 1. The summed E-state index contributed by atoms with van der Waals surface area (Å²) in [4.78, 5) is 12.6. The summed E-state index contributed by atoms with van der Waals surface area (Å²) in [6.07, 6.45) is 0.711. The fraction of sp³-hybridized carbons (Fsp3) is 0.316. The smallest absolute Gasteiger partial charge is 0.255 e. The summed E-state index contributed by atoms with van der Waals surface area (Å²) in [5, 5.41) is 2.93. The predicted octanol–water partition coefficient (Wildman–Crippen LogP) is 3.14. The first kappa shape index (κ1) is 17.1. The quantitative estimate of drug-likeness (QED) is 0.874. The molecule has 25 heavy (non-hydrogen) atoms. The molecule has 0 aromatic heterocycles. The van der Waals surface area contributed by atoms with E-state index in [0.29, 0.717) is 34.8 Å². The second-order valence-corrected chi connectivity index (χ2v) is 5.83. The zero-order chi connectivity index (χ0) is 18.0. The van der Waals surface area contributed by atoms with Crippen LogP contribution in [0.2, 0.25) is 0 Å². The molecule has 1 saturated carbocycles. The maximum Gasteiger partial charge on any atom is 0.255 e. The molecule has 1 amide bonds. The number of nitrogens with one attached hydrogen (secondary N) is 1. The van der Waals surface area contributed by atoms with Gasteiger partial charge in [-0.15, -0.1) is 0 Å². The Labute approximate surface area is 145 Å². The zero-order valence-electron chi connectivity index (χ0n) is 14.3. The average molecular weight is 345 g/mol. The molecule has 3 rings (SSSR count). The van der Waals surface area contributed by atoms with E-state index in [-0.39, 0.29) is 23.7 Å². The van der Waals surface area contributed by atoms with Crippen molar-refractivity contribution in [1.82, 2.24) is 5.32 Å². The van der Waals surface area contributed by atoms with Crippen molar-refractivity contribution in [1.29, 1.82) is 0 Å². The molecule has 6 heteroatoms. The molecular weight excluding hydrogens is 325 g/mol. The van der Waals surface area contributed by atoms with Crippen LogP contribution >= 0.6 is 0 Å². The van der Waals surface area contributed by atoms with Gasteiger partial charge in [-0.05, 0) is 30.2 Å². The topological polar surface area (TPSA) is 56.8 Å². The Bertz CT molecular complexity index is 793. The normalized spacial score (nSPS) is 18.4. The maximum absolute atomic E-state index is 13.9. The van der Waals surface area contributed by atoms with Gasteiger partial charge in [-0.1, -0.05) is 18.2 Å². The number of halogens is 1. The summed E-state index contributed by atoms with van der Waals surface area (Å²) in [5.41, 5.74) is 0.978. The molecule has 0 spiro atoms. The number of rotatable bonds is 6. The van der Waals surface area contributed by atoms with Crippen LogP contribution in [-0.4, -0.2) is 33.3 Å². The minimum absolute atomic E-state index is 0.00344. The van der Waals surface area contributed by atoms with Crippen molar-refractivity contribution in [3.05, 3.63) is 53.3 Å². The average Bonchev–Trinajstić information content (AvgIpc) is 3.39. The number of carbonyl (C=O) groups is 1. The molecule has 132 valence electrons. The minimum Gasteiger partial charge on any atom is -0.493 e. The molecule has 1 aliphatic rings. The van der Waals surface area contributed by atoms with Crippen LogP contribution in [0, 0.1) is 5.82 Å². The van der Waals surface area contributed by atoms with Gasteiger partial charge in [0.2, 0.25) is 5.75 Å². The fourth-order valence-corrected chi connectivity index (χ4v) is 3.00. The van der Waals surface area contributed by atoms with E-state index < -0.39 is 0 Å². The van der Waals surface area contributed by atoms with Crippen LogP contribution in [0.5, 0.6) is 17.2 Å². The van der Waals surface area contributed by atoms with Crippen LogP contribution in [0.1, 0.15) is 28.3 Å². The largest absolute Gasteiger partial charge is 0.493 e. The molecule has 0 radical (unpaired) electrons. The van der Waals surface area contributed by atoms with E-state index in [1.807, 2.05) is 0 Å². The molecular formula is C19H20FNO4. The molecule has 1 N–H and O–H groups in total. The molecule has 0 saturated heterocycles. The second kappa shape index (κ2) is 7.01. The van der Waals surface area contributed by atoms with Gasteiger partial charge in [-0.2, -0.15) is 0 Å². The van der Waals surface area contributed by atoms with Crippen LogP contribution < -0.4 is 19.5 Å². The van der Waals surface area contributed by atoms with Crippen LogP contribution in [0.4, 0.5) is 4.39 Å². The van der Waals surface area contributed by atoms with Crippen molar-refractivity contribution in [2.75, 3.05) is 21.3 Å². The number of ether oxygens (including phenoxy) is 3. The van der Waals surface area contributed by atoms with Gasteiger partial charge >= 0.3 is 0 Å². The summed E-state index contributed by atoms with van der Waals surface area (Å²) < 4.78 is 29.7. The highest BCUT2D eigenvalue weighted by Crippen LogP contribution is 2.43. The lowest BCUT2D eigenvalue weighted by Crippen LogP contribution is -2.27. The molecule has 5 nitrogen and oxygen atoms in total. The van der Waals surface area contributed by atoms with Crippen LogP contribution in [0.3, 0.4) is 0 Å². The van der Waals surface area contributed by atoms with Gasteiger partial charge in [0, 0.05) is 12.0 Å². The monoisotopic (exact) mass is 345 g/mol. The van der Waals surface area contributed by atoms with Crippen LogP contribution in [-0.2, 0) is 0 Å². The molecule has 2 aromatic rings. The maximum atomic E-state index is 13.9. The Hall–Kier alpha value is -2.76. The van der Waals surface area contributed by atoms with E-state index in [0.717, 1.165) is 0 Å². The van der Waals surface area contributed by atoms with Crippen molar-refractivity contribution in [2.24, 2.45) is 0 Å². The molecule has 0 heterocycles. The number of hydrogen-bond acceptors (Lipinski definition) is 4. The summed E-state index contributed by atoms with van der Waals surface area (Å²) in [5.74, 6) is 0.610. The Kier molecular flexibility index (Phi) is 4.79. The van der Waals surface area contributed by atoms with E-state index in [4.69, 9.17) is 14.2 Å². The zero-order valence-corrected chi connectivity index (χ0v) is 14.3. The van der Waals surface area contributed by atoms with Crippen molar-refractivity contribution in [3.63, 3.8) is 0 Å². The first-order chi connectivity index (χ1) is 12.1. The number of benzene rings is 2. The lowest BCUT2D eigenvalue weighted by atomic mass is 10.1. The standard InChI is InChI=1S/C19H20FNO4/c1-23-16-9-8-12(17(24-2)18(16)25-3)19(22)21-15-10-13(15)11-6-4-5-7-14(11)20/h4-9,13,15H,10H2,1-3H3,(H,21,22)/t13-,15-/m0/s1. The van der Waals surface area contributed by atoms with Crippen LogP contribution in [0.15, 0.2) is 36.4 Å². The fourth-order valence-electron chi connectivity index (χ4n) is 3.00. The molecule has 0 unspecified atom stereocenters. The second-order valence-electron chi connectivity index (χ2n) is 5.83. The van der Waals surface area contributed by atoms with Gasteiger partial charge in [0.25, 0.3) is 5.91 Å². The summed E-state index contributed by atoms with van der Waals surface area (Å²) in [7, 11) is 4.46. The molecule has 0 bridgehead atoms.